The number of carbonyl (C=O) groups is 1. The smallest absolute Gasteiger partial charge is 0.254 e. The molecule has 0 unspecified atom stereocenters. The molecule has 1 aromatic rings. The molecule has 1 aromatic carbocycles. The fourth-order valence-electron chi connectivity index (χ4n) is 1.41. The normalized spacial score (nSPS) is 12.4. The van der Waals surface area contributed by atoms with Crippen LogP contribution in [-0.2, 0) is 4.79 Å². The first-order valence-corrected chi connectivity index (χ1v) is 5.97. The van der Waals surface area contributed by atoms with Crippen LogP contribution in [0.5, 0.6) is 0 Å². The van der Waals surface area contributed by atoms with E-state index < -0.39 is 0 Å². The van der Waals surface area contributed by atoms with E-state index in [1.807, 2.05) is 51.1 Å². The van der Waals surface area contributed by atoms with E-state index in [1.165, 1.54) is 0 Å². The van der Waals surface area contributed by atoms with Crippen molar-refractivity contribution in [1.29, 1.82) is 0 Å². The monoisotopic (exact) mass is 252 g/mol. The molecule has 0 fully saturated rings. The molecule has 3 nitrogen and oxygen atoms in total. The second-order valence-electron chi connectivity index (χ2n) is 4.75. The Bertz CT molecular complexity index is 407. The van der Waals surface area contributed by atoms with Crippen LogP contribution >= 0.6 is 11.6 Å². The molecule has 0 aliphatic rings. The molecule has 0 bridgehead atoms. The van der Waals surface area contributed by atoms with E-state index >= 15 is 0 Å². The summed E-state index contributed by atoms with van der Waals surface area (Å²) in [6.45, 7) is 6.14. The lowest BCUT2D eigenvalue weighted by atomic mass is 9.86. The lowest BCUT2D eigenvalue weighted by molar-refractivity contribution is -0.118. The SMILES string of the molecule is CC(C)(C)C(=NNC(=O)CCl)c1ccccc1. The van der Waals surface area contributed by atoms with E-state index in [9.17, 15) is 4.79 Å². The highest BCUT2D eigenvalue weighted by atomic mass is 35.5. The third-order valence-corrected chi connectivity index (χ3v) is 2.41. The van der Waals surface area contributed by atoms with Gasteiger partial charge in [-0.15, -0.1) is 11.6 Å². The van der Waals surface area contributed by atoms with Gasteiger partial charge in [-0.05, 0) is 5.56 Å². The lowest BCUT2D eigenvalue weighted by Gasteiger charge is -2.21. The summed E-state index contributed by atoms with van der Waals surface area (Å²) in [4.78, 5) is 11.1. The highest BCUT2D eigenvalue weighted by Gasteiger charge is 2.21. The molecule has 4 heteroatoms. The minimum Gasteiger partial charge on any atom is -0.272 e. The van der Waals surface area contributed by atoms with Gasteiger partial charge in [0.05, 0.1) is 5.71 Å². The van der Waals surface area contributed by atoms with Gasteiger partial charge in [-0.25, -0.2) is 5.43 Å². The predicted molar refractivity (Wildman–Crippen MR) is 71.3 cm³/mol. The lowest BCUT2D eigenvalue weighted by Crippen LogP contribution is -2.27. The van der Waals surface area contributed by atoms with Crippen molar-refractivity contribution in [2.75, 3.05) is 5.88 Å². The summed E-state index contributed by atoms with van der Waals surface area (Å²) < 4.78 is 0. The molecule has 0 spiro atoms. The maximum Gasteiger partial charge on any atom is 0.254 e. The molecule has 0 aromatic heterocycles. The first kappa shape index (κ1) is 13.7. The average molecular weight is 253 g/mol. The van der Waals surface area contributed by atoms with E-state index in [4.69, 9.17) is 11.6 Å². The summed E-state index contributed by atoms with van der Waals surface area (Å²) in [6.07, 6.45) is 0. The Labute approximate surface area is 107 Å². The van der Waals surface area contributed by atoms with Gasteiger partial charge in [-0.3, -0.25) is 4.79 Å². The Morgan fingerprint density at radius 2 is 1.88 bits per heavy atom. The van der Waals surface area contributed by atoms with E-state index in [1.54, 1.807) is 0 Å². The third-order valence-electron chi connectivity index (χ3n) is 2.17. The van der Waals surface area contributed by atoms with Crippen LogP contribution in [0.15, 0.2) is 35.4 Å². The highest BCUT2D eigenvalue weighted by molar-refractivity contribution is 6.27. The van der Waals surface area contributed by atoms with Crippen molar-refractivity contribution in [2.45, 2.75) is 20.8 Å². The quantitative estimate of drug-likeness (QED) is 0.502. The summed E-state index contributed by atoms with van der Waals surface area (Å²) in [5.41, 5.74) is 4.13. The van der Waals surface area contributed by atoms with Crippen molar-refractivity contribution in [1.82, 2.24) is 5.43 Å². The number of halogens is 1. The van der Waals surface area contributed by atoms with Crippen molar-refractivity contribution in [3.8, 4) is 0 Å². The second kappa shape index (κ2) is 5.82. The molecule has 0 heterocycles. The summed E-state index contributed by atoms with van der Waals surface area (Å²) in [5, 5.41) is 4.17. The van der Waals surface area contributed by atoms with Gasteiger partial charge in [0.15, 0.2) is 0 Å². The summed E-state index contributed by atoms with van der Waals surface area (Å²) in [5.74, 6) is -0.389. The van der Waals surface area contributed by atoms with Gasteiger partial charge in [0, 0.05) is 5.41 Å². The molecule has 0 aliphatic heterocycles. The van der Waals surface area contributed by atoms with Crippen LogP contribution in [0.4, 0.5) is 0 Å². The fourth-order valence-corrected chi connectivity index (χ4v) is 1.47. The second-order valence-corrected chi connectivity index (χ2v) is 5.01. The summed E-state index contributed by atoms with van der Waals surface area (Å²) in [6, 6.07) is 9.77. The molecule has 0 saturated heterocycles. The molecule has 1 rings (SSSR count). The van der Waals surface area contributed by atoms with Crippen LogP contribution in [0.2, 0.25) is 0 Å². The van der Waals surface area contributed by atoms with Gasteiger partial charge in [-0.1, -0.05) is 51.1 Å². The van der Waals surface area contributed by atoms with E-state index in [2.05, 4.69) is 10.5 Å². The van der Waals surface area contributed by atoms with Gasteiger partial charge in [0.1, 0.15) is 5.88 Å². The van der Waals surface area contributed by atoms with Crippen molar-refractivity contribution >= 4 is 23.2 Å². The van der Waals surface area contributed by atoms with Gasteiger partial charge in [-0.2, -0.15) is 5.10 Å². The summed E-state index contributed by atoms with van der Waals surface area (Å²) in [7, 11) is 0. The molecule has 0 radical (unpaired) electrons. The number of carbonyl (C=O) groups excluding carboxylic acids is 1. The van der Waals surface area contributed by atoms with Crippen LogP contribution < -0.4 is 5.43 Å². The molecule has 92 valence electrons. The molecular weight excluding hydrogens is 236 g/mol. The largest absolute Gasteiger partial charge is 0.272 e. The Morgan fingerprint density at radius 3 is 2.35 bits per heavy atom. The van der Waals surface area contributed by atoms with Gasteiger partial charge < -0.3 is 0 Å². The molecule has 1 amide bonds. The minimum absolute atomic E-state index is 0.0876. The molecule has 0 atom stereocenters. The molecular formula is C13H17ClN2O. The van der Waals surface area contributed by atoms with Crippen LogP contribution in [0.3, 0.4) is 0 Å². The number of rotatable bonds is 3. The summed E-state index contributed by atoms with van der Waals surface area (Å²) >= 11 is 5.41. The maximum absolute atomic E-state index is 11.1. The highest BCUT2D eigenvalue weighted by Crippen LogP contribution is 2.21. The Balaban J connectivity index is 3.02. The van der Waals surface area contributed by atoms with E-state index in [-0.39, 0.29) is 17.2 Å². The van der Waals surface area contributed by atoms with Crippen molar-refractivity contribution in [3.63, 3.8) is 0 Å². The number of hydrazone groups is 1. The van der Waals surface area contributed by atoms with E-state index in [0.717, 1.165) is 11.3 Å². The van der Waals surface area contributed by atoms with Gasteiger partial charge >= 0.3 is 0 Å². The molecule has 0 aliphatic carbocycles. The average Bonchev–Trinajstić information content (AvgIpc) is 2.28. The van der Waals surface area contributed by atoms with Crippen LogP contribution in [-0.4, -0.2) is 17.5 Å². The van der Waals surface area contributed by atoms with Gasteiger partial charge in [0.25, 0.3) is 5.91 Å². The number of nitrogens with one attached hydrogen (secondary N) is 1. The number of hydrogen-bond donors (Lipinski definition) is 1. The van der Waals surface area contributed by atoms with Gasteiger partial charge in [0.2, 0.25) is 0 Å². The molecule has 0 saturated carbocycles. The third kappa shape index (κ3) is 4.19. The first-order chi connectivity index (χ1) is 7.95. The molecule has 1 N–H and O–H groups in total. The van der Waals surface area contributed by atoms with Crippen LogP contribution in [0, 0.1) is 5.41 Å². The minimum atomic E-state index is -0.302. The zero-order valence-electron chi connectivity index (χ0n) is 10.3. The number of hydrogen-bond acceptors (Lipinski definition) is 2. The number of nitrogens with zero attached hydrogens (tertiary/aromatic N) is 1. The molecule has 17 heavy (non-hydrogen) atoms. The Morgan fingerprint density at radius 1 is 1.29 bits per heavy atom. The van der Waals surface area contributed by atoms with E-state index in [0.29, 0.717) is 0 Å². The Hall–Kier alpha value is -1.35. The predicted octanol–water partition coefficient (Wildman–Crippen LogP) is 2.79. The first-order valence-electron chi connectivity index (χ1n) is 5.43. The number of benzene rings is 1. The van der Waals surface area contributed by atoms with Crippen LogP contribution in [0.25, 0.3) is 0 Å². The zero-order chi connectivity index (χ0) is 12.9. The standard InChI is InChI=1S/C13H17ClN2O/c1-13(2,3)12(16-15-11(17)9-14)10-7-5-4-6-8-10/h4-8H,9H2,1-3H3,(H,15,17). The zero-order valence-corrected chi connectivity index (χ0v) is 11.1. The van der Waals surface area contributed by atoms with Crippen molar-refractivity contribution < 1.29 is 4.79 Å². The van der Waals surface area contributed by atoms with Crippen LogP contribution in [0.1, 0.15) is 26.3 Å². The topological polar surface area (TPSA) is 41.5 Å². The Kier molecular flexibility index (Phi) is 4.70. The van der Waals surface area contributed by atoms with Crippen molar-refractivity contribution in [3.05, 3.63) is 35.9 Å². The maximum atomic E-state index is 11.1. The fraction of sp³-hybridized carbons (Fsp3) is 0.385. The van der Waals surface area contributed by atoms with Crippen molar-refractivity contribution in [2.24, 2.45) is 10.5 Å². The number of amides is 1. The number of alkyl halides is 1.